The van der Waals surface area contributed by atoms with Crippen LogP contribution >= 0.6 is 0 Å². The number of ketones is 1. The topological polar surface area (TPSA) is 43.4 Å². The molecule has 0 fully saturated rings. The lowest BCUT2D eigenvalue weighted by Crippen LogP contribution is -1.99. The van der Waals surface area contributed by atoms with Gasteiger partial charge in [-0.15, -0.1) is 0 Å². The maximum atomic E-state index is 11.4. The highest BCUT2D eigenvalue weighted by Gasteiger charge is 2.14. The number of aldehydes is 1. The zero-order chi connectivity index (χ0) is 9.97. The van der Waals surface area contributed by atoms with Crippen molar-refractivity contribution < 1.29 is 14.3 Å². The molecule has 0 atom stereocenters. The van der Waals surface area contributed by atoms with E-state index in [1.54, 1.807) is 12.1 Å². The van der Waals surface area contributed by atoms with E-state index in [9.17, 15) is 9.59 Å². The number of rotatable bonds is 3. The molecular formula is C11H10O3. The number of carbonyl (C=O) groups excluding carboxylic acids is 2. The largest absolute Gasteiger partial charge is 0.493 e. The van der Waals surface area contributed by atoms with Gasteiger partial charge in [0.1, 0.15) is 12.0 Å². The third kappa shape index (κ3) is 1.53. The second-order valence-electron chi connectivity index (χ2n) is 3.21. The minimum atomic E-state index is -0.130. The molecule has 1 aromatic rings. The van der Waals surface area contributed by atoms with Crippen molar-refractivity contribution in [3.63, 3.8) is 0 Å². The van der Waals surface area contributed by atoms with Crippen LogP contribution in [0.2, 0.25) is 0 Å². The van der Waals surface area contributed by atoms with Crippen molar-refractivity contribution >= 4 is 12.1 Å². The molecule has 1 aliphatic rings. The van der Waals surface area contributed by atoms with Gasteiger partial charge in [-0.3, -0.25) is 4.79 Å². The van der Waals surface area contributed by atoms with Gasteiger partial charge in [-0.1, -0.05) is 0 Å². The van der Waals surface area contributed by atoms with Crippen LogP contribution in [0.5, 0.6) is 5.75 Å². The molecule has 0 saturated carbocycles. The van der Waals surface area contributed by atoms with Gasteiger partial charge in [-0.2, -0.15) is 0 Å². The standard InChI is InChI=1S/C11H10O3/c12-5-3-10(13)8-1-2-11-9(7-8)4-6-14-11/h1-2,5,7H,3-4,6H2. The van der Waals surface area contributed by atoms with Gasteiger partial charge >= 0.3 is 0 Å². The van der Waals surface area contributed by atoms with Gasteiger partial charge in [0, 0.05) is 12.0 Å². The number of ether oxygens (including phenoxy) is 1. The Labute approximate surface area is 81.7 Å². The van der Waals surface area contributed by atoms with Crippen molar-refractivity contribution in [3.8, 4) is 5.75 Å². The molecule has 0 unspecified atom stereocenters. The Morgan fingerprint density at radius 2 is 2.36 bits per heavy atom. The van der Waals surface area contributed by atoms with Crippen LogP contribution in [0.25, 0.3) is 0 Å². The molecular weight excluding hydrogens is 180 g/mol. The summed E-state index contributed by atoms with van der Waals surface area (Å²) in [5, 5.41) is 0. The molecule has 0 saturated heterocycles. The molecule has 2 rings (SSSR count). The van der Waals surface area contributed by atoms with Gasteiger partial charge in [0.2, 0.25) is 0 Å². The highest BCUT2D eigenvalue weighted by atomic mass is 16.5. The van der Waals surface area contributed by atoms with Gasteiger partial charge in [0.25, 0.3) is 0 Å². The molecule has 72 valence electrons. The van der Waals surface area contributed by atoms with E-state index in [1.807, 2.05) is 6.07 Å². The normalized spacial score (nSPS) is 13.1. The van der Waals surface area contributed by atoms with Crippen molar-refractivity contribution in [3.05, 3.63) is 29.3 Å². The molecule has 0 aliphatic carbocycles. The summed E-state index contributed by atoms with van der Waals surface area (Å²) in [4.78, 5) is 21.5. The van der Waals surface area contributed by atoms with E-state index in [1.165, 1.54) is 0 Å². The molecule has 0 spiro atoms. The SMILES string of the molecule is O=CCC(=O)c1ccc2c(c1)CCO2. The molecule has 1 aromatic carbocycles. The average Bonchev–Trinajstić information content (AvgIpc) is 2.64. The third-order valence-electron chi connectivity index (χ3n) is 2.28. The van der Waals surface area contributed by atoms with Crippen molar-refractivity contribution in [2.24, 2.45) is 0 Å². The zero-order valence-corrected chi connectivity index (χ0v) is 7.66. The fourth-order valence-corrected chi connectivity index (χ4v) is 1.55. The second-order valence-corrected chi connectivity index (χ2v) is 3.21. The highest BCUT2D eigenvalue weighted by molar-refractivity contribution is 6.02. The first-order valence-electron chi connectivity index (χ1n) is 4.54. The van der Waals surface area contributed by atoms with Crippen LogP contribution < -0.4 is 4.74 Å². The lowest BCUT2D eigenvalue weighted by molar-refractivity contribution is -0.107. The fraction of sp³-hybridized carbons (Fsp3) is 0.273. The van der Waals surface area contributed by atoms with Gasteiger partial charge < -0.3 is 9.53 Å². The Hall–Kier alpha value is -1.64. The second kappa shape index (κ2) is 3.62. The van der Waals surface area contributed by atoms with Crippen molar-refractivity contribution in [1.82, 2.24) is 0 Å². The summed E-state index contributed by atoms with van der Waals surface area (Å²) in [7, 11) is 0. The Morgan fingerprint density at radius 1 is 1.50 bits per heavy atom. The van der Waals surface area contributed by atoms with Crippen LogP contribution in [0.4, 0.5) is 0 Å². The van der Waals surface area contributed by atoms with Crippen molar-refractivity contribution in [1.29, 1.82) is 0 Å². The van der Waals surface area contributed by atoms with Gasteiger partial charge in [-0.05, 0) is 23.8 Å². The van der Waals surface area contributed by atoms with E-state index in [4.69, 9.17) is 4.74 Å². The number of hydrogen-bond donors (Lipinski definition) is 0. The van der Waals surface area contributed by atoms with Crippen molar-refractivity contribution in [2.45, 2.75) is 12.8 Å². The molecule has 0 amide bonds. The van der Waals surface area contributed by atoms with Crippen LogP contribution in [0.3, 0.4) is 0 Å². The van der Waals surface area contributed by atoms with Crippen LogP contribution in [-0.4, -0.2) is 18.7 Å². The zero-order valence-electron chi connectivity index (χ0n) is 7.66. The van der Waals surface area contributed by atoms with E-state index in [2.05, 4.69) is 0 Å². The molecule has 1 heterocycles. The first-order valence-corrected chi connectivity index (χ1v) is 4.54. The van der Waals surface area contributed by atoms with E-state index < -0.39 is 0 Å². The summed E-state index contributed by atoms with van der Waals surface area (Å²) in [5.74, 6) is 0.724. The number of Topliss-reactive ketones (excluding diaryl/α,β-unsaturated/α-hetero) is 1. The van der Waals surface area contributed by atoms with E-state index in [0.29, 0.717) is 18.5 Å². The first-order chi connectivity index (χ1) is 6.81. The Balaban J connectivity index is 2.28. The van der Waals surface area contributed by atoms with Crippen LogP contribution in [0, 0.1) is 0 Å². The average molecular weight is 190 g/mol. The van der Waals surface area contributed by atoms with E-state index in [-0.39, 0.29) is 12.2 Å². The fourth-order valence-electron chi connectivity index (χ4n) is 1.55. The minimum absolute atomic E-state index is 0.0420. The summed E-state index contributed by atoms with van der Waals surface area (Å²) in [6.07, 6.45) is 1.43. The minimum Gasteiger partial charge on any atom is -0.493 e. The summed E-state index contributed by atoms with van der Waals surface area (Å²) < 4.78 is 5.31. The van der Waals surface area contributed by atoms with Crippen LogP contribution in [0.1, 0.15) is 22.3 Å². The smallest absolute Gasteiger partial charge is 0.169 e. The lowest BCUT2D eigenvalue weighted by atomic mass is 10.0. The summed E-state index contributed by atoms with van der Waals surface area (Å²) in [5.41, 5.74) is 1.66. The number of benzene rings is 1. The van der Waals surface area contributed by atoms with Gasteiger partial charge in [0.05, 0.1) is 13.0 Å². The number of carbonyl (C=O) groups is 2. The van der Waals surface area contributed by atoms with Crippen molar-refractivity contribution in [2.75, 3.05) is 6.61 Å². The summed E-state index contributed by atoms with van der Waals surface area (Å²) in [6.45, 7) is 0.681. The molecule has 3 heteroatoms. The van der Waals surface area contributed by atoms with Gasteiger partial charge in [-0.25, -0.2) is 0 Å². The van der Waals surface area contributed by atoms with E-state index >= 15 is 0 Å². The molecule has 14 heavy (non-hydrogen) atoms. The Bertz CT molecular complexity index is 382. The van der Waals surface area contributed by atoms with Gasteiger partial charge in [0.15, 0.2) is 5.78 Å². The summed E-state index contributed by atoms with van der Waals surface area (Å²) in [6, 6.07) is 5.31. The monoisotopic (exact) mass is 190 g/mol. The quantitative estimate of drug-likeness (QED) is 0.411. The predicted octanol–water partition coefficient (Wildman–Crippen LogP) is 1.39. The molecule has 0 aromatic heterocycles. The molecule has 3 nitrogen and oxygen atoms in total. The summed E-state index contributed by atoms with van der Waals surface area (Å²) >= 11 is 0. The third-order valence-corrected chi connectivity index (χ3v) is 2.28. The molecule has 0 bridgehead atoms. The number of hydrogen-bond acceptors (Lipinski definition) is 3. The molecule has 1 aliphatic heterocycles. The predicted molar refractivity (Wildman–Crippen MR) is 50.7 cm³/mol. The number of fused-ring (bicyclic) bond motifs is 1. The maximum Gasteiger partial charge on any atom is 0.169 e. The lowest BCUT2D eigenvalue weighted by Gasteiger charge is -2.00. The van der Waals surface area contributed by atoms with Crippen LogP contribution in [-0.2, 0) is 11.2 Å². The van der Waals surface area contributed by atoms with E-state index in [0.717, 1.165) is 17.7 Å². The Morgan fingerprint density at radius 3 is 3.14 bits per heavy atom. The maximum absolute atomic E-state index is 11.4. The highest BCUT2D eigenvalue weighted by Crippen LogP contribution is 2.26. The first kappa shape index (κ1) is 8.94. The molecule has 0 N–H and O–H groups in total. The van der Waals surface area contributed by atoms with Crippen LogP contribution in [0.15, 0.2) is 18.2 Å². The Kier molecular flexibility index (Phi) is 2.31. The molecule has 0 radical (unpaired) electrons.